The monoisotopic (exact) mass is 474 g/mol. The first-order valence-corrected chi connectivity index (χ1v) is 12.4. The summed E-state index contributed by atoms with van der Waals surface area (Å²) in [6.45, 7) is 11.3. The maximum Gasteiger partial charge on any atom is 0.187 e. The molecule has 4 aromatic heterocycles. The number of anilines is 1. The van der Waals surface area contributed by atoms with E-state index in [0.29, 0.717) is 12.1 Å². The average Bonchev–Trinajstić information content (AvgIpc) is 3.49. The minimum atomic E-state index is 0.490. The van der Waals surface area contributed by atoms with Crippen LogP contribution in [0.2, 0.25) is 0 Å². The summed E-state index contributed by atoms with van der Waals surface area (Å²) in [5.41, 5.74) is 7.21. The maximum atomic E-state index is 5.01. The number of fused-ring (bicyclic) bond motifs is 1. The number of nitrogens with one attached hydrogen (secondary N) is 1. The number of aliphatic imine (C=N–C) groups is 1. The van der Waals surface area contributed by atoms with Crippen LogP contribution in [0.15, 0.2) is 29.6 Å². The Labute approximate surface area is 203 Å². The fraction of sp³-hybridized carbons (Fsp3) is 0.400. The molecule has 176 valence electrons. The van der Waals surface area contributed by atoms with Crippen LogP contribution in [0.1, 0.15) is 30.9 Å². The SMILES string of the molecule is C=Nc1c(-c2nc3sc(N(C)C4CCN(C)C(C)C4)nc3cc2C)ncc(-c2cn[nH]c2)c1C. The molecule has 0 amide bonds. The van der Waals surface area contributed by atoms with Gasteiger partial charge in [-0.2, -0.15) is 5.10 Å². The van der Waals surface area contributed by atoms with Crippen molar-refractivity contribution in [3.05, 3.63) is 35.8 Å². The number of nitrogens with zero attached hydrogens (tertiary/aromatic N) is 7. The number of likely N-dealkylation sites (tertiary alicyclic amines) is 1. The third-order valence-corrected chi connectivity index (χ3v) is 8.15. The molecule has 9 heteroatoms. The molecule has 0 saturated carbocycles. The van der Waals surface area contributed by atoms with Gasteiger partial charge < -0.3 is 9.80 Å². The number of aromatic amines is 1. The number of rotatable bonds is 5. The number of aryl methyl sites for hydroxylation is 1. The van der Waals surface area contributed by atoms with Gasteiger partial charge in [0.1, 0.15) is 16.0 Å². The van der Waals surface area contributed by atoms with Crippen molar-refractivity contribution < 1.29 is 0 Å². The van der Waals surface area contributed by atoms with Crippen LogP contribution in [0.25, 0.3) is 32.9 Å². The molecule has 1 aliphatic heterocycles. The number of aromatic nitrogens is 5. The second-order valence-electron chi connectivity index (χ2n) is 9.23. The lowest BCUT2D eigenvalue weighted by Gasteiger charge is -2.39. The zero-order valence-electron chi connectivity index (χ0n) is 20.3. The zero-order chi connectivity index (χ0) is 24.0. The van der Waals surface area contributed by atoms with E-state index >= 15 is 0 Å². The normalized spacial score (nSPS) is 19.0. The summed E-state index contributed by atoms with van der Waals surface area (Å²) in [5.74, 6) is 0. The van der Waals surface area contributed by atoms with Crippen molar-refractivity contribution in [1.29, 1.82) is 0 Å². The minimum absolute atomic E-state index is 0.490. The number of H-pyrrole nitrogens is 1. The Bertz CT molecular complexity index is 1340. The van der Waals surface area contributed by atoms with Gasteiger partial charge in [0.25, 0.3) is 0 Å². The van der Waals surface area contributed by atoms with E-state index in [4.69, 9.17) is 15.0 Å². The fourth-order valence-electron chi connectivity index (χ4n) is 4.76. The van der Waals surface area contributed by atoms with Crippen molar-refractivity contribution in [3.8, 4) is 22.5 Å². The summed E-state index contributed by atoms with van der Waals surface area (Å²) in [4.78, 5) is 24.7. The van der Waals surface area contributed by atoms with E-state index < -0.39 is 0 Å². The molecular formula is C25H30N8S. The smallest absolute Gasteiger partial charge is 0.187 e. The third-order valence-electron chi connectivity index (χ3n) is 7.09. The first-order valence-electron chi connectivity index (χ1n) is 11.5. The van der Waals surface area contributed by atoms with Crippen molar-refractivity contribution in [2.45, 2.75) is 45.7 Å². The predicted octanol–water partition coefficient (Wildman–Crippen LogP) is 5.01. The highest BCUT2D eigenvalue weighted by molar-refractivity contribution is 7.21. The van der Waals surface area contributed by atoms with Crippen molar-refractivity contribution >= 4 is 39.2 Å². The van der Waals surface area contributed by atoms with E-state index in [1.54, 1.807) is 17.5 Å². The fourth-order valence-corrected chi connectivity index (χ4v) is 5.72. The zero-order valence-corrected chi connectivity index (χ0v) is 21.1. The quantitative estimate of drug-likeness (QED) is 0.409. The van der Waals surface area contributed by atoms with E-state index in [9.17, 15) is 0 Å². The Morgan fingerprint density at radius 3 is 2.76 bits per heavy atom. The van der Waals surface area contributed by atoms with Gasteiger partial charge in [-0.25, -0.2) is 9.97 Å². The Hall–Kier alpha value is -3.17. The highest BCUT2D eigenvalue weighted by Crippen LogP contribution is 2.39. The van der Waals surface area contributed by atoms with Gasteiger partial charge in [0.15, 0.2) is 5.13 Å². The minimum Gasteiger partial charge on any atom is -0.348 e. The molecule has 1 fully saturated rings. The van der Waals surface area contributed by atoms with Gasteiger partial charge in [0.2, 0.25) is 0 Å². The molecule has 8 nitrogen and oxygen atoms in total. The molecule has 5 heterocycles. The summed E-state index contributed by atoms with van der Waals surface area (Å²) >= 11 is 1.64. The Morgan fingerprint density at radius 1 is 1.24 bits per heavy atom. The van der Waals surface area contributed by atoms with Crippen LogP contribution in [-0.4, -0.2) is 69.5 Å². The van der Waals surface area contributed by atoms with E-state index in [2.05, 4.69) is 65.7 Å². The predicted molar refractivity (Wildman–Crippen MR) is 140 cm³/mol. The van der Waals surface area contributed by atoms with Gasteiger partial charge >= 0.3 is 0 Å². The average molecular weight is 475 g/mol. The van der Waals surface area contributed by atoms with Gasteiger partial charge in [-0.15, -0.1) is 0 Å². The Kier molecular flexibility index (Phi) is 5.91. The lowest BCUT2D eigenvalue weighted by Crippen LogP contribution is -2.46. The van der Waals surface area contributed by atoms with Crippen LogP contribution >= 0.6 is 11.3 Å². The molecule has 1 saturated heterocycles. The molecule has 5 rings (SSSR count). The standard InChI is InChI=1S/C25H30N8S/c1-14-9-20-24(34-25(30-20)33(6)18-7-8-32(5)15(2)10-18)31-21(14)23-22(26-4)16(3)19(13-27-23)17-11-28-29-12-17/h9,11-13,15,18H,4,7-8,10H2,1-3,5-6H3,(H,28,29). The summed E-state index contributed by atoms with van der Waals surface area (Å²) in [6.07, 6.45) is 7.79. The topological polar surface area (TPSA) is 86.2 Å². The van der Waals surface area contributed by atoms with Crippen molar-refractivity contribution in [2.75, 3.05) is 25.5 Å². The second-order valence-corrected chi connectivity index (χ2v) is 10.2. The number of pyridine rings is 2. The first-order chi connectivity index (χ1) is 16.4. The van der Waals surface area contributed by atoms with Crippen molar-refractivity contribution in [2.24, 2.45) is 4.99 Å². The van der Waals surface area contributed by atoms with Crippen LogP contribution in [0, 0.1) is 13.8 Å². The molecule has 0 radical (unpaired) electrons. The molecule has 0 aliphatic carbocycles. The van der Waals surface area contributed by atoms with Gasteiger partial charge in [0, 0.05) is 49.2 Å². The van der Waals surface area contributed by atoms with E-state index in [1.807, 2.05) is 19.3 Å². The van der Waals surface area contributed by atoms with Crippen LogP contribution in [-0.2, 0) is 0 Å². The van der Waals surface area contributed by atoms with Gasteiger partial charge in [-0.1, -0.05) is 11.3 Å². The summed E-state index contributed by atoms with van der Waals surface area (Å²) in [7, 11) is 4.37. The number of hydrogen-bond donors (Lipinski definition) is 1. The Morgan fingerprint density at radius 2 is 2.06 bits per heavy atom. The summed E-state index contributed by atoms with van der Waals surface area (Å²) in [6, 6.07) is 3.17. The summed E-state index contributed by atoms with van der Waals surface area (Å²) < 4.78 is 0. The molecule has 2 atom stereocenters. The molecule has 1 N–H and O–H groups in total. The number of piperidine rings is 1. The number of hydrogen-bond acceptors (Lipinski definition) is 8. The lowest BCUT2D eigenvalue weighted by molar-refractivity contribution is 0.181. The molecule has 2 unspecified atom stereocenters. The van der Waals surface area contributed by atoms with Crippen molar-refractivity contribution in [1.82, 2.24) is 30.0 Å². The van der Waals surface area contributed by atoms with Gasteiger partial charge in [-0.05, 0) is 64.6 Å². The van der Waals surface area contributed by atoms with E-state index in [-0.39, 0.29) is 0 Å². The van der Waals surface area contributed by atoms with Crippen molar-refractivity contribution in [3.63, 3.8) is 0 Å². The molecule has 4 aromatic rings. The van der Waals surface area contributed by atoms with Crippen LogP contribution < -0.4 is 4.90 Å². The Balaban J connectivity index is 1.52. The molecule has 1 aliphatic rings. The lowest BCUT2D eigenvalue weighted by atomic mass is 9.98. The highest BCUT2D eigenvalue weighted by atomic mass is 32.1. The van der Waals surface area contributed by atoms with Crippen LogP contribution in [0.5, 0.6) is 0 Å². The third kappa shape index (κ3) is 3.88. The van der Waals surface area contributed by atoms with E-state index in [1.165, 1.54) is 0 Å². The van der Waals surface area contributed by atoms with Crippen LogP contribution in [0.4, 0.5) is 10.8 Å². The number of thiazole rings is 1. The van der Waals surface area contributed by atoms with Crippen LogP contribution in [0.3, 0.4) is 0 Å². The first kappa shape index (κ1) is 22.6. The van der Waals surface area contributed by atoms with E-state index in [0.717, 1.165) is 74.2 Å². The molecule has 0 spiro atoms. The molecule has 0 bridgehead atoms. The molecule has 0 aromatic carbocycles. The largest absolute Gasteiger partial charge is 0.348 e. The molecular weight excluding hydrogens is 444 g/mol. The maximum absolute atomic E-state index is 5.01. The second kappa shape index (κ2) is 8.88. The van der Waals surface area contributed by atoms with Gasteiger partial charge in [-0.3, -0.25) is 15.1 Å². The van der Waals surface area contributed by atoms with Gasteiger partial charge in [0.05, 0.1) is 17.6 Å². The summed E-state index contributed by atoms with van der Waals surface area (Å²) in [5, 5.41) is 7.93. The molecule has 34 heavy (non-hydrogen) atoms. The highest BCUT2D eigenvalue weighted by Gasteiger charge is 2.27.